The van der Waals surface area contributed by atoms with E-state index in [1.165, 1.54) is 17.6 Å². The summed E-state index contributed by atoms with van der Waals surface area (Å²) in [7, 11) is -0.623. The number of aliphatic imine (C=N–C) groups is 1. The first-order chi connectivity index (χ1) is 14.7. The fourth-order valence-corrected chi connectivity index (χ4v) is 4.20. The van der Waals surface area contributed by atoms with E-state index in [4.69, 9.17) is 5.73 Å². The molecule has 0 aliphatic heterocycles. The van der Waals surface area contributed by atoms with Gasteiger partial charge >= 0.3 is 10.2 Å². The van der Waals surface area contributed by atoms with Crippen molar-refractivity contribution in [1.82, 2.24) is 9.29 Å². The molecule has 3 rings (SSSR count). The standard InChI is InChI=1S/C22H25N5O3S/c1-14(2)27(4)31(29,30)26-18-7-5-15-6-8-21-20(22(28)19(15)10-18)9-16(13-25-21)17(11-23)12-24-3/h5-14,26H,23H2,1-4H3. The molecule has 0 amide bonds. The third kappa shape index (κ3) is 4.57. The van der Waals surface area contributed by atoms with Crippen molar-refractivity contribution in [3.63, 3.8) is 0 Å². The van der Waals surface area contributed by atoms with Gasteiger partial charge in [-0.25, -0.2) is 0 Å². The summed E-state index contributed by atoms with van der Waals surface area (Å²) in [6.07, 6.45) is 4.63. The van der Waals surface area contributed by atoms with Crippen molar-refractivity contribution in [2.24, 2.45) is 10.7 Å². The van der Waals surface area contributed by atoms with Crippen LogP contribution < -0.4 is 15.9 Å². The summed E-state index contributed by atoms with van der Waals surface area (Å²) in [5.41, 5.74) is 7.55. The van der Waals surface area contributed by atoms with Crippen LogP contribution in [0.2, 0.25) is 0 Å². The van der Waals surface area contributed by atoms with E-state index in [2.05, 4.69) is 14.7 Å². The minimum Gasteiger partial charge on any atom is -0.404 e. The summed E-state index contributed by atoms with van der Waals surface area (Å²) in [6, 6.07) is 9.94. The number of nitrogens with zero attached hydrogens (tertiary/aromatic N) is 3. The van der Waals surface area contributed by atoms with Crippen LogP contribution in [0.1, 0.15) is 19.4 Å². The number of nitrogens with two attached hydrogens (primary N) is 1. The van der Waals surface area contributed by atoms with Gasteiger partial charge in [0.2, 0.25) is 0 Å². The number of hydrogen-bond donors (Lipinski definition) is 2. The van der Waals surface area contributed by atoms with Crippen LogP contribution in [-0.2, 0) is 10.2 Å². The maximum atomic E-state index is 13.4. The number of allylic oxidation sites excluding steroid dienone is 1. The van der Waals surface area contributed by atoms with Crippen LogP contribution in [0.5, 0.6) is 0 Å². The Hall–Kier alpha value is -3.30. The molecule has 1 aromatic heterocycles. The van der Waals surface area contributed by atoms with Gasteiger partial charge in [-0.05, 0) is 43.5 Å². The third-order valence-electron chi connectivity index (χ3n) is 5.02. The normalized spacial score (nSPS) is 13.0. The summed E-state index contributed by atoms with van der Waals surface area (Å²) in [6.45, 7) is 3.55. The van der Waals surface area contributed by atoms with Crippen LogP contribution in [0.15, 0.2) is 58.6 Å². The number of rotatable bonds is 6. The maximum Gasteiger partial charge on any atom is 0.301 e. The van der Waals surface area contributed by atoms with Crippen LogP contribution in [-0.4, -0.2) is 44.1 Å². The molecular weight excluding hydrogens is 414 g/mol. The average Bonchev–Trinajstić information content (AvgIpc) is 2.87. The van der Waals surface area contributed by atoms with Crippen LogP contribution >= 0.6 is 0 Å². The molecule has 0 aliphatic rings. The molecule has 0 aliphatic carbocycles. The van der Waals surface area contributed by atoms with Crippen molar-refractivity contribution < 1.29 is 8.42 Å². The van der Waals surface area contributed by atoms with E-state index in [0.29, 0.717) is 38.5 Å². The van der Waals surface area contributed by atoms with E-state index in [1.807, 2.05) is 0 Å². The fourth-order valence-electron chi connectivity index (χ4n) is 3.07. The zero-order valence-electron chi connectivity index (χ0n) is 17.8. The van der Waals surface area contributed by atoms with Crippen molar-refractivity contribution in [2.45, 2.75) is 19.9 Å². The molecule has 3 N–H and O–H groups in total. The molecule has 0 unspecified atom stereocenters. The summed E-state index contributed by atoms with van der Waals surface area (Å²) in [5.74, 6) is 0. The van der Waals surface area contributed by atoms with Crippen molar-refractivity contribution in [3.05, 3.63) is 64.6 Å². The van der Waals surface area contributed by atoms with Gasteiger partial charge in [-0.15, -0.1) is 0 Å². The van der Waals surface area contributed by atoms with Crippen molar-refractivity contribution in [3.8, 4) is 0 Å². The highest BCUT2D eigenvalue weighted by molar-refractivity contribution is 7.90. The highest BCUT2D eigenvalue weighted by atomic mass is 32.2. The highest BCUT2D eigenvalue weighted by Crippen LogP contribution is 2.22. The van der Waals surface area contributed by atoms with Gasteiger partial charge in [0.15, 0.2) is 5.43 Å². The molecule has 2 aromatic carbocycles. The van der Waals surface area contributed by atoms with Crippen molar-refractivity contribution in [2.75, 3.05) is 18.8 Å². The number of anilines is 1. The summed E-state index contributed by atoms with van der Waals surface area (Å²) in [5, 5.41) is 1.45. The molecule has 0 radical (unpaired) electrons. The molecule has 0 atom stereocenters. The summed E-state index contributed by atoms with van der Waals surface area (Å²) >= 11 is 0. The number of fused-ring (bicyclic) bond motifs is 2. The van der Waals surface area contributed by atoms with E-state index in [1.54, 1.807) is 69.7 Å². The van der Waals surface area contributed by atoms with Gasteiger partial charge in [0, 0.05) is 60.7 Å². The zero-order chi connectivity index (χ0) is 22.8. The Morgan fingerprint density at radius 3 is 2.55 bits per heavy atom. The molecule has 1 heterocycles. The smallest absolute Gasteiger partial charge is 0.301 e. The Labute approximate surface area is 181 Å². The van der Waals surface area contributed by atoms with Gasteiger partial charge in [0.25, 0.3) is 0 Å². The predicted octanol–water partition coefficient (Wildman–Crippen LogP) is 2.75. The van der Waals surface area contributed by atoms with Crippen molar-refractivity contribution >= 4 is 49.4 Å². The third-order valence-corrected chi connectivity index (χ3v) is 6.69. The first-order valence-electron chi connectivity index (χ1n) is 9.65. The maximum absolute atomic E-state index is 13.4. The Morgan fingerprint density at radius 2 is 1.90 bits per heavy atom. The second-order valence-electron chi connectivity index (χ2n) is 7.35. The largest absolute Gasteiger partial charge is 0.404 e. The lowest BCUT2D eigenvalue weighted by Crippen LogP contribution is -2.37. The van der Waals surface area contributed by atoms with E-state index >= 15 is 0 Å². The monoisotopic (exact) mass is 439 g/mol. The number of hydrogen-bond acceptors (Lipinski definition) is 6. The molecule has 31 heavy (non-hydrogen) atoms. The van der Waals surface area contributed by atoms with Crippen molar-refractivity contribution in [1.29, 1.82) is 0 Å². The molecule has 0 spiro atoms. The second kappa shape index (κ2) is 8.83. The number of aromatic nitrogens is 1. The predicted molar refractivity (Wildman–Crippen MR) is 128 cm³/mol. The number of pyridine rings is 1. The quantitative estimate of drug-likeness (QED) is 0.573. The molecule has 0 saturated heterocycles. The Bertz CT molecular complexity index is 1360. The van der Waals surface area contributed by atoms with E-state index in [0.717, 1.165) is 0 Å². The first kappa shape index (κ1) is 22.4. The minimum atomic E-state index is -3.75. The molecule has 8 nitrogen and oxygen atoms in total. The van der Waals surface area contributed by atoms with Gasteiger partial charge in [0.1, 0.15) is 0 Å². The molecule has 0 fully saturated rings. The van der Waals surface area contributed by atoms with Crippen LogP contribution in [0, 0.1) is 0 Å². The topological polar surface area (TPSA) is 118 Å². The molecule has 3 aromatic rings. The average molecular weight is 440 g/mol. The molecular formula is C22H25N5O3S. The van der Waals surface area contributed by atoms with Gasteiger partial charge in [-0.1, -0.05) is 12.1 Å². The summed E-state index contributed by atoms with van der Waals surface area (Å²) in [4.78, 5) is 21.7. The van der Waals surface area contributed by atoms with E-state index in [9.17, 15) is 13.2 Å². The van der Waals surface area contributed by atoms with E-state index < -0.39 is 10.2 Å². The molecule has 9 heteroatoms. The van der Waals surface area contributed by atoms with Crippen LogP contribution in [0.3, 0.4) is 0 Å². The van der Waals surface area contributed by atoms with Crippen LogP contribution in [0.25, 0.3) is 27.2 Å². The van der Waals surface area contributed by atoms with Gasteiger partial charge < -0.3 is 5.73 Å². The first-order valence-corrected chi connectivity index (χ1v) is 11.1. The Kier molecular flexibility index (Phi) is 6.37. The van der Waals surface area contributed by atoms with Gasteiger partial charge in [-0.2, -0.15) is 12.7 Å². The zero-order valence-corrected chi connectivity index (χ0v) is 18.6. The molecule has 0 bridgehead atoms. The molecule has 162 valence electrons. The van der Waals surface area contributed by atoms with E-state index in [-0.39, 0.29) is 11.5 Å². The van der Waals surface area contributed by atoms with Crippen LogP contribution in [0.4, 0.5) is 5.69 Å². The number of benzene rings is 1. The lowest BCUT2D eigenvalue weighted by Gasteiger charge is -2.21. The Balaban J connectivity index is 2.20. The Morgan fingerprint density at radius 1 is 1.19 bits per heavy atom. The fraction of sp³-hybridized carbons (Fsp3) is 0.227. The lowest BCUT2D eigenvalue weighted by atomic mass is 10.1. The summed E-state index contributed by atoms with van der Waals surface area (Å²) < 4.78 is 28.9. The van der Waals surface area contributed by atoms with Gasteiger partial charge in [0.05, 0.1) is 11.2 Å². The number of nitrogens with one attached hydrogen (secondary N) is 1. The SMILES string of the molecule is CN=CC(=CN)c1cnc2ccc3ccc(NS(=O)(=O)N(C)C(C)C)cc3c(=O)c2c1. The highest BCUT2D eigenvalue weighted by Gasteiger charge is 2.20. The minimum absolute atomic E-state index is 0.212. The van der Waals surface area contributed by atoms with Gasteiger partial charge in [-0.3, -0.25) is 19.5 Å². The lowest BCUT2D eigenvalue weighted by molar-refractivity contribution is 0.414. The molecule has 0 saturated carbocycles. The second-order valence-corrected chi connectivity index (χ2v) is 9.08.